The Labute approximate surface area is 179 Å². The van der Waals surface area contributed by atoms with Gasteiger partial charge >= 0.3 is 25.3 Å². The number of rotatable bonds is 1. The van der Waals surface area contributed by atoms with Crippen LogP contribution in [0.15, 0.2) is 36.4 Å². The second-order valence-corrected chi connectivity index (χ2v) is 7.44. The van der Waals surface area contributed by atoms with Gasteiger partial charge in [0, 0.05) is 56.4 Å². The summed E-state index contributed by atoms with van der Waals surface area (Å²) in [6.45, 7) is 2.20. The number of non-ortho nitro benzene ring substituents is 1. The van der Waals surface area contributed by atoms with E-state index in [0.29, 0.717) is 0 Å². The van der Waals surface area contributed by atoms with Gasteiger partial charge in [0.1, 0.15) is 0 Å². The molecule has 0 aliphatic carbocycles. The number of hydrogen-bond donors (Lipinski definition) is 1. The van der Waals surface area contributed by atoms with Crippen molar-refractivity contribution in [3.8, 4) is 0 Å². The molecule has 0 aromatic heterocycles. The van der Waals surface area contributed by atoms with Gasteiger partial charge in [0.2, 0.25) is 0 Å². The standard InChI is InChI=1S/C10H12N2O2.C10H14N2.2O.Pt/c1-11-6-2-3-8-7-9(12(13)14)4-5-10(8)11;1-12-6-2-3-8-7-9(11)4-5-10(8)12;;;/h4-5,7H,2-3,6H2,1H3;4-5,7H,2-3,6,11H2,1H3;;;. The van der Waals surface area contributed by atoms with Gasteiger partial charge in [-0.1, -0.05) is 0 Å². The zero-order valence-corrected chi connectivity index (χ0v) is 18.8. The van der Waals surface area contributed by atoms with E-state index >= 15 is 0 Å². The first kappa shape index (κ1) is 22.8. The van der Waals surface area contributed by atoms with Crippen LogP contribution in [0.5, 0.6) is 0 Å². The van der Waals surface area contributed by atoms with E-state index in [1.807, 2.05) is 19.2 Å². The van der Waals surface area contributed by atoms with Crippen LogP contribution in [0.4, 0.5) is 22.7 Å². The number of nitrogen functional groups attached to an aromatic ring is 1. The van der Waals surface area contributed by atoms with Crippen molar-refractivity contribution >= 4 is 22.7 Å². The fraction of sp³-hybridized carbons (Fsp3) is 0.400. The van der Waals surface area contributed by atoms with Gasteiger partial charge in [-0.25, -0.2) is 0 Å². The van der Waals surface area contributed by atoms with Crippen LogP contribution < -0.4 is 15.5 Å². The fourth-order valence-corrected chi connectivity index (χ4v) is 3.69. The molecule has 0 spiro atoms. The van der Waals surface area contributed by atoms with Gasteiger partial charge in [-0.3, -0.25) is 10.1 Å². The molecule has 9 heteroatoms. The maximum atomic E-state index is 10.6. The summed E-state index contributed by atoms with van der Waals surface area (Å²) in [5, 5.41) is 10.6. The Balaban J connectivity index is 0.000000184. The van der Waals surface area contributed by atoms with Crippen LogP contribution in [0, 0.1) is 10.1 Å². The molecular formula is C20H26N4O4Pt. The van der Waals surface area contributed by atoms with E-state index in [1.54, 1.807) is 12.1 Å². The molecule has 4 rings (SSSR count). The van der Waals surface area contributed by atoms with Gasteiger partial charge in [-0.15, -0.1) is 0 Å². The van der Waals surface area contributed by atoms with E-state index in [-0.39, 0.29) is 10.6 Å². The molecule has 0 radical (unpaired) electrons. The normalized spacial score (nSPS) is 14.6. The predicted molar refractivity (Wildman–Crippen MR) is 109 cm³/mol. The van der Waals surface area contributed by atoms with Gasteiger partial charge in [0.25, 0.3) is 5.69 Å². The minimum atomic E-state index is -1.92. The summed E-state index contributed by atoms with van der Waals surface area (Å²) in [6.07, 6.45) is 4.43. The topological polar surface area (TPSA) is 110 Å². The molecule has 0 bridgehead atoms. The molecule has 0 unspecified atom stereocenters. The summed E-state index contributed by atoms with van der Waals surface area (Å²) in [7, 11) is 4.15. The summed E-state index contributed by atoms with van der Waals surface area (Å²) < 4.78 is 17.0. The summed E-state index contributed by atoms with van der Waals surface area (Å²) in [4.78, 5) is 14.7. The van der Waals surface area contributed by atoms with Crippen molar-refractivity contribution in [2.45, 2.75) is 25.7 Å². The zero-order valence-electron chi connectivity index (χ0n) is 16.6. The Morgan fingerprint density at radius 1 is 0.931 bits per heavy atom. The molecule has 2 aromatic rings. The Kier molecular flexibility index (Phi) is 8.58. The van der Waals surface area contributed by atoms with Crippen molar-refractivity contribution in [3.63, 3.8) is 0 Å². The number of aryl methyl sites for hydroxylation is 2. The third-order valence-corrected chi connectivity index (χ3v) is 5.08. The second kappa shape index (κ2) is 10.9. The molecule has 0 fully saturated rings. The molecule has 29 heavy (non-hydrogen) atoms. The number of fused-ring (bicyclic) bond motifs is 2. The molecule has 160 valence electrons. The van der Waals surface area contributed by atoms with E-state index in [0.717, 1.165) is 42.9 Å². The number of nitrogens with two attached hydrogens (primary N) is 1. The molecule has 0 amide bonds. The number of anilines is 3. The molecule has 0 saturated carbocycles. The molecular weight excluding hydrogens is 555 g/mol. The van der Waals surface area contributed by atoms with Gasteiger partial charge in [0.05, 0.1) is 4.92 Å². The summed E-state index contributed by atoms with van der Waals surface area (Å²) >= 11 is -1.92. The van der Waals surface area contributed by atoms with Crippen LogP contribution in [-0.2, 0) is 38.1 Å². The third-order valence-electron chi connectivity index (χ3n) is 5.08. The molecule has 2 aliphatic heterocycles. The SMILES string of the molecule is CN1CCCc2cc(N)ccc21.CN1CCCc2cc([N+](=O)[O-])ccc21.[O]=[Pt]=[O]. The molecule has 0 atom stereocenters. The molecule has 2 heterocycles. The minimum absolute atomic E-state index is 0.194. The Morgan fingerprint density at radius 2 is 1.41 bits per heavy atom. The zero-order chi connectivity index (χ0) is 21.4. The number of benzene rings is 2. The fourth-order valence-electron chi connectivity index (χ4n) is 3.69. The Hall–Kier alpha value is -2.47. The first-order valence-electron chi connectivity index (χ1n) is 9.29. The Bertz CT molecular complexity index is 900. The van der Waals surface area contributed by atoms with Gasteiger partial charge in [0.15, 0.2) is 0 Å². The van der Waals surface area contributed by atoms with Crippen LogP contribution in [0.2, 0.25) is 0 Å². The number of nitro groups is 1. The van der Waals surface area contributed by atoms with E-state index in [2.05, 4.69) is 29.0 Å². The van der Waals surface area contributed by atoms with Crippen molar-refractivity contribution in [1.82, 2.24) is 0 Å². The average molecular weight is 582 g/mol. The number of hydrogen-bond acceptors (Lipinski definition) is 7. The van der Waals surface area contributed by atoms with Crippen LogP contribution >= 0.6 is 0 Å². The number of nitrogens with zero attached hydrogens (tertiary/aromatic N) is 3. The van der Waals surface area contributed by atoms with Crippen LogP contribution in [0.1, 0.15) is 24.0 Å². The van der Waals surface area contributed by atoms with Gasteiger partial charge < -0.3 is 15.5 Å². The molecule has 2 N–H and O–H groups in total. The Morgan fingerprint density at radius 3 is 1.93 bits per heavy atom. The first-order chi connectivity index (χ1) is 13.9. The first-order valence-corrected chi connectivity index (χ1v) is 11.1. The quantitative estimate of drug-likeness (QED) is 0.313. The van der Waals surface area contributed by atoms with E-state index < -0.39 is 18.5 Å². The molecule has 0 saturated heterocycles. The number of nitro benzene ring substituents is 1. The third kappa shape index (κ3) is 6.26. The van der Waals surface area contributed by atoms with E-state index in [9.17, 15) is 10.1 Å². The van der Waals surface area contributed by atoms with Gasteiger partial charge in [-0.2, -0.15) is 0 Å². The molecule has 2 aromatic carbocycles. The van der Waals surface area contributed by atoms with Gasteiger partial charge in [-0.05, 0) is 61.1 Å². The van der Waals surface area contributed by atoms with Crippen LogP contribution in [0.3, 0.4) is 0 Å². The van der Waals surface area contributed by atoms with Crippen molar-refractivity contribution in [3.05, 3.63) is 57.6 Å². The van der Waals surface area contributed by atoms with Crippen molar-refractivity contribution in [1.29, 1.82) is 0 Å². The maximum absolute atomic E-state index is 10.6. The summed E-state index contributed by atoms with van der Waals surface area (Å²) in [5.41, 5.74) is 11.7. The summed E-state index contributed by atoms with van der Waals surface area (Å²) in [6, 6.07) is 11.3. The summed E-state index contributed by atoms with van der Waals surface area (Å²) in [5.74, 6) is 0. The van der Waals surface area contributed by atoms with E-state index in [1.165, 1.54) is 24.1 Å². The van der Waals surface area contributed by atoms with Crippen molar-refractivity contribution in [2.75, 3.05) is 42.7 Å². The van der Waals surface area contributed by atoms with Crippen LogP contribution in [0.25, 0.3) is 0 Å². The monoisotopic (exact) mass is 581 g/mol. The van der Waals surface area contributed by atoms with Crippen molar-refractivity contribution < 1.29 is 30.2 Å². The van der Waals surface area contributed by atoms with E-state index in [4.69, 9.17) is 12.5 Å². The predicted octanol–water partition coefficient (Wildman–Crippen LogP) is 3.39. The molecule has 8 nitrogen and oxygen atoms in total. The van der Waals surface area contributed by atoms with Crippen LogP contribution in [-0.4, -0.2) is 32.1 Å². The second-order valence-electron chi connectivity index (χ2n) is 7.06. The average Bonchev–Trinajstić information content (AvgIpc) is 2.69. The molecule has 2 aliphatic rings. The van der Waals surface area contributed by atoms with Crippen molar-refractivity contribution in [2.24, 2.45) is 0 Å².